The third-order valence-electron chi connectivity index (χ3n) is 13.2. The van der Waals surface area contributed by atoms with E-state index >= 15 is 0 Å². The first-order chi connectivity index (χ1) is 38.4. The molecule has 2 aliphatic heterocycles. The van der Waals surface area contributed by atoms with Crippen LogP contribution >= 0.6 is 23.5 Å². The van der Waals surface area contributed by atoms with Crippen LogP contribution in [0.2, 0.25) is 0 Å². The molecule has 2 atom stereocenters. The van der Waals surface area contributed by atoms with Gasteiger partial charge in [0.2, 0.25) is 0 Å². The lowest BCUT2D eigenvalue weighted by atomic mass is 9.95. The van der Waals surface area contributed by atoms with Gasteiger partial charge < -0.3 is 25.0 Å². The minimum absolute atomic E-state index is 0.0936. The number of carbonyl (C=O) groups is 2. The van der Waals surface area contributed by atoms with Gasteiger partial charge in [-0.1, -0.05) is 72.8 Å². The largest absolute Gasteiger partial charge is 0.463 e. The molecular formula is C59H67F6N9O4S2. The zero-order valence-electron chi connectivity index (χ0n) is 45.6. The van der Waals surface area contributed by atoms with E-state index in [0.29, 0.717) is 55.5 Å². The van der Waals surface area contributed by atoms with E-state index in [-0.39, 0.29) is 35.7 Å². The number of hydrogen-bond acceptors (Lipinski definition) is 15. The van der Waals surface area contributed by atoms with Gasteiger partial charge in [-0.25, -0.2) is 19.6 Å². The third kappa shape index (κ3) is 17.2. The van der Waals surface area contributed by atoms with Gasteiger partial charge in [0, 0.05) is 60.5 Å². The highest BCUT2D eigenvalue weighted by Gasteiger charge is 2.39. The van der Waals surface area contributed by atoms with Crippen molar-refractivity contribution in [2.45, 2.75) is 90.7 Å². The monoisotopic (exact) mass is 1140 g/mol. The van der Waals surface area contributed by atoms with Crippen molar-refractivity contribution in [1.82, 2.24) is 15.5 Å². The lowest BCUT2D eigenvalue weighted by Crippen LogP contribution is -2.35. The van der Waals surface area contributed by atoms with Gasteiger partial charge in [0.05, 0.1) is 58.8 Å². The van der Waals surface area contributed by atoms with Crippen molar-refractivity contribution in [3.05, 3.63) is 153 Å². The summed E-state index contributed by atoms with van der Waals surface area (Å²) >= 11 is 2.83. The average Bonchev–Trinajstić information content (AvgIpc) is 3.54. The molecule has 21 heteroatoms. The van der Waals surface area contributed by atoms with E-state index in [2.05, 4.69) is 34.7 Å². The van der Waals surface area contributed by atoms with E-state index < -0.39 is 47.5 Å². The van der Waals surface area contributed by atoms with Gasteiger partial charge in [-0.3, -0.25) is 9.80 Å². The molecule has 0 aliphatic carbocycles. The molecule has 0 aromatic heterocycles. The number of nitriles is 2. The fraction of sp³-hybridized carbons (Fsp3) is 0.424. The number of carbonyl (C=O) groups excluding carboxylic acids is 2. The number of allylic oxidation sites excluding steroid dienone is 2. The summed E-state index contributed by atoms with van der Waals surface area (Å²) in [6, 6.07) is 26.0. The van der Waals surface area contributed by atoms with Gasteiger partial charge in [0.25, 0.3) is 0 Å². The summed E-state index contributed by atoms with van der Waals surface area (Å²) in [7, 11) is 2.07. The van der Waals surface area contributed by atoms with Gasteiger partial charge in [-0.05, 0) is 145 Å². The second-order valence-corrected chi connectivity index (χ2v) is 21.0. The highest BCUT2D eigenvalue weighted by Crippen LogP contribution is 2.43. The number of anilines is 2. The molecule has 2 heterocycles. The van der Waals surface area contributed by atoms with Gasteiger partial charge in [-0.2, -0.15) is 36.9 Å². The lowest BCUT2D eigenvalue weighted by molar-refractivity contribution is -0.139. The van der Waals surface area contributed by atoms with Crippen LogP contribution in [-0.2, 0) is 31.4 Å². The van der Waals surface area contributed by atoms with Crippen molar-refractivity contribution in [2.75, 3.05) is 80.8 Å². The molecule has 4 aromatic carbocycles. The molecule has 80 heavy (non-hydrogen) atoms. The maximum atomic E-state index is 13.9. The van der Waals surface area contributed by atoms with Gasteiger partial charge >= 0.3 is 24.3 Å². The Bertz CT molecular complexity index is 2760. The number of unbranched alkanes of at least 4 members (excludes halogenated alkanes) is 4. The number of alkyl halides is 6. The normalized spacial score (nSPS) is 15.9. The number of aliphatic imine (C=N–C) groups is 2. The second-order valence-electron chi connectivity index (χ2n) is 18.9. The van der Waals surface area contributed by atoms with Crippen LogP contribution in [0.25, 0.3) is 0 Å². The summed E-state index contributed by atoms with van der Waals surface area (Å²) in [6.07, 6.45) is -3.88. The summed E-state index contributed by atoms with van der Waals surface area (Å²) in [5, 5.41) is 26.7. The first kappa shape index (κ1) is 62.6. The van der Waals surface area contributed by atoms with Crippen LogP contribution in [0.1, 0.15) is 112 Å². The number of ether oxygens (including phenoxy) is 2. The second kappa shape index (κ2) is 30.3. The molecule has 0 saturated heterocycles. The van der Waals surface area contributed by atoms with E-state index in [1.54, 1.807) is 98.2 Å². The van der Waals surface area contributed by atoms with Crippen molar-refractivity contribution < 1.29 is 45.4 Å². The average molecular weight is 1140 g/mol. The quantitative estimate of drug-likeness (QED) is 0.0348. The van der Waals surface area contributed by atoms with Crippen molar-refractivity contribution >= 4 is 57.2 Å². The lowest BCUT2D eigenvalue weighted by Gasteiger charge is -2.35. The fourth-order valence-corrected chi connectivity index (χ4v) is 11.2. The van der Waals surface area contributed by atoms with Crippen molar-refractivity contribution in [3.63, 3.8) is 0 Å². The molecule has 0 spiro atoms. The van der Waals surface area contributed by atoms with Crippen LogP contribution in [0, 0.1) is 22.7 Å². The number of halogens is 6. The maximum Gasteiger partial charge on any atom is 0.416 e. The van der Waals surface area contributed by atoms with Crippen molar-refractivity contribution in [3.8, 4) is 12.1 Å². The van der Waals surface area contributed by atoms with E-state index in [9.17, 15) is 46.5 Å². The summed E-state index contributed by atoms with van der Waals surface area (Å²) in [4.78, 5) is 42.4. The van der Waals surface area contributed by atoms with E-state index in [4.69, 9.17) is 19.5 Å². The summed E-state index contributed by atoms with van der Waals surface area (Å²) < 4.78 is 94.4. The molecule has 0 radical (unpaired) electrons. The zero-order chi connectivity index (χ0) is 57.8. The van der Waals surface area contributed by atoms with Gasteiger partial charge in [0.1, 0.15) is 12.1 Å². The van der Waals surface area contributed by atoms with Crippen molar-refractivity contribution in [1.29, 1.82) is 10.5 Å². The van der Waals surface area contributed by atoms with Crippen LogP contribution in [-0.4, -0.2) is 98.2 Å². The highest BCUT2D eigenvalue weighted by atomic mass is 32.2. The number of likely N-dealkylation sites (N-methyl/N-ethyl adjacent to an activating group) is 1. The first-order valence-corrected chi connectivity index (χ1v) is 28.6. The minimum atomic E-state index is -4.58. The van der Waals surface area contributed by atoms with Crippen LogP contribution < -0.4 is 20.4 Å². The number of benzene rings is 4. The SMILES string of the molecule is CCOC(=O)C1=C(C)N(c2cccc(C(F)(F)F)c2)C(SCCCCCNCCN(C)CCNCCCCCSC2=NC(c3ccc(C#N)cc3)C(C(=O)OCC)=C(C)N2c2cccc(C(F)(F)F)c2)=NC1c1ccc(C#N)cc1. The molecule has 0 amide bonds. The Balaban J connectivity index is 0.926. The molecule has 0 saturated carbocycles. The molecule has 4 aromatic rings. The molecule has 2 aliphatic rings. The Hall–Kier alpha value is -6.62. The molecule has 13 nitrogen and oxygen atoms in total. The standard InChI is InChI=1S/C59H67F6N9O4S2/c1-6-77-54(75)50-40(3)73(48-18-14-16-46(36-48)58(60,61)62)56(70-52(50)44-24-20-42(38-66)21-25-44)79-34-12-8-10-28-68-30-32-72(5)33-31-69-29-11-9-13-35-80-57-71-53(45-26-22-43(39-67)23-27-45)51(55(76)78-7-2)41(4)74(57)49-19-15-17-47(37-49)59(63,64)65/h14-27,36-37,52-53,68-69H,6-13,28-35H2,1-5H3. The van der Waals surface area contributed by atoms with Crippen LogP contribution in [0.15, 0.2) is 130 Å². The minimum Gasteiger partial charge on any atom is -0.463 e. The summed E-state index contributed by atoms with van der Waals surface area (Å²) in [5.74, 6) is 0.0160. The third-order valence-corrected chi connectivity index (χ3v) is 15.3. The number of esters is 2. The number of thioether (sulfide) groups is 2. The van der Waals surface area contributed by atoms with E-state index in [1.165, 1.54) is 35.7 Å². The van der Waals surface area contributed by atoms with Gasteiger partial charge in [0.15, 0.2) is 10.3 Å². The number of amidine groups is 2. The molecule has 426 valence electrons. The Morgan fingerprint density at radius 2 is 0.988 bits per heavy atom. The molecule has 6 rings (SSSR count). The topological polar surface area (TPSA) is 159 Å². The van der Waals surface area contributed by atoms with Crippen LogP contribution in [0.5, 0.6) is 0 Å². The molecule has 2 N–H and O–H groups in total. The number of nitrogens with one attached hydrogen (secondary N) is 2. The molecular weight excluding hydrogens is 1080 g/mol. The number of rotatable bonds is 26. The Morgan fingerprint density at radius 1 is 0.600 bits per heavy atom. The number of nitrogens with zero attached hydrogens (tertiary/aromatic N) is 7. The molecule has 0 bridgehead atoms. The van der Waals surface area contributed by atoms with Crippen LogP contribution in [0.3, 0.4) is 0 Å². The smallest absolute Gasteiger partial charge is 0.416 e. The van der Waals surface area contributed by atoms with E-state index in [1.807, 2.05) is 0 Å². The Kier molecular flexibility index (Phi) is 23.7. The zero-order valence-corrected chi connectivity index (χ0v) is 47.2. The van der Waals surface area contributed by atoms with Crippen LogP contribution in [0.4, 0.5) is 37.7 Å². The maximum absolute atomic E-state index is 13.9. The number of hydrogen-bond donors (Lipinski definition) is 2. The van der Waals surface area contributed by atoms with Gasteiger partial charge in [-0.15, -0.1) is 0 Å². The molecule has 0 fully saturated rings. The first-order valence-electron chi connectivity index (χ1n) is 26.6. The Morgan fingerprint density at radius 3 is 1.34 bits per heavy atom. The summed E-state index contributed by atoms with van der Waals surface area (Å²) in [6.45, 7) is 11.9. The summed E-state index contributed by atoms with van der Waals surface area (Å²) in [5.41, 5.74) is 2.18. The Labute approximate surface area is 473 Å². The molecule has 2 unspecified atom stereocenters. The highest BCUT2D eigenvalue weighted by molar-refractivity contribution is 8.14. The predicted octanol–water partition coefficient (Wildman–Crippen LogP) is 12.6. The van der Waals surface area contributed by atoms with Crippen molar-refractivity contribution in [2.24, 2.45) is 9.98 Å². The van der Waals surface area contributed by atoms with E-state index in [0.717, 1.165) is 102 Å². The predicted molar refractivity (Wildman–Crippen MR) is 305 cm³/mol. The fourth-order valence-electron chi connectivity index (χ4n) is 9.03.